The minimum Gasteiger partial charge on any atom is -0.506 e. The highest BCUT2D eigenvalue weighted by atomic mass is 16.3. The van der Waals surface area contributed by atoms with E-state index in [0.717, 1.165) is 12.5 Å². The summed E-state index contributed by atoms with van der Waals surface area (Å²) in [5.41, 5.74) is 7.39. The summed E-state index contributed by atoms with van der Waals surface area (Å²) in [5.74, 6) is 1.11. The second-order valence-corrected chi connectivity index (χ2v) is 5.40. The Morgan fingerprint density at radius 3 is 2.67 bits per heavy atom. The highest BCUT2D eigenvalue weighted by molar-refractivity contribution is 5.53. The molecular weight excluding hydrogens is 224 g/mol. The van der Waals surface area contributed by atoms with Gasteiger partial charge in [-0.25, -0.2) is 0 Å². The average molecular weight is 248 g/mol. The largest absolute Gasteiger partial charge is 0.506 e. The Morgan fingerprint density at radius 2 is 2.06 bits per heavy atom. The van der Waals surface area contributed by atoms with Gasteiger partial charge in [-0.15, -0.1) is 0 Å². The van der Waals surface area contributed by atoms with Gasteiger partial charge in [-0.3, -0.25) is 4.90 Å². The van der Waals surface area contributed by atoms with Crippen LogP contribution in [-0.4, -0.2) is 23.1 Å². The number of phenolic OH excluding ortho intramolecular Hbond substituents is 1. The first-order valence-electron chi connectivity index (χ1n) is 6.98. The standard InChI is InChI=1S/C15H24N2O/c1-2-3-12-6-8-17(9-7-12)11-13-4-5-15(18)14(16)10-13/h4-5,10,12,18H,2-3,6-9,11,16H2,1H3. The maximum absolute atomic E-state index is 9.40. The molecule has 0 spiro atoms. The van der Waals surface area contributed by atoms with Gasteiger partial charge in [0.15, 0.2) is 0 Å². The van der Waals surface area contributed by atoms with Crippen LogP contribution in [0.15, 0.2) is 18.2 Å². The lowest BCUT2D eigenvalue weighted by Crippen LogP contribution is -2.33. The highest BCUT2D eigenvalue weighted by Crippen LogP contribution is 2.25. The van der Waals surface area contributed by atoms with E-state index in [4.69, 9.17) is 5.73 Å². The van der Waals surface area contributed by atoms with E-state index in [0.29, 0.717) is 5.69 Å². The molecule has 0 amide bonds. The van der Waals surface area contributed by atoms with Crippen molar-refractivity contribution in [3.05, 3.63) is 23.8 Å². The van der Waals surface area contributed by atoms with Gasteiger partial charge >= 0.3 is 0 Å². The fourth-order valence-corrected chi connectivity index (χ4v) is 2.80. The summed E-state index contributed by atoms with van der Waals surface area (Å²) >= 11 is 0. The molecular formula is C15H24N2O. The van der Waals surface area contributed by atoms with Gasteiger partial charge in [-0.05, 0) is 49.5 Å². The zero-order valence-electron chi connectivity index (χ0n) is 11.2. The number of likely N-dealkylation sites (tertiary alicyclic amines) is 1. The molecule has 1 aromatic carbocycles. The maximum atomic E-state index is 9.40. The van der Waals surface area contributed by atoms with Crippen LogP contribution in [-0.2, 0) is 6.54 Å². The number of hydrogen-bond donors (Lipinski definition) is 2. The average Bonchev–Trinajstić information content (AvgIpc) is 2.37. The minimum atomic E-state index is 0.181. The number of hydrogen-bond acceptors (Lipinski definition) is 3. The zero-order valence-corrected chi connectivity index (χ0v) is 11.2. The molecule has 100 valence electrons. The number of anilines is 1. The van der Waals surface area contributed by atoms with Gasteiger partial charge in [0.1, 0.15) is 5.75 Å². The van der Waals surface area contributed by atoms with Crippen molar-refractivity contribution in [3.63, 3.8) is 0 Å². The van der Waals surface area contributed by atoms with Gasteiger partial charge in [0.25, 0.3) is 0 Å². The molecule has 1 aliphatic heterocycles. The number of piperidine rings is 1. The van der Waals surface area contributed by atoms with Crippen molar-refractivity contribution in [2.75, 3.05) is 18.8 Å². The number of phenols is 1. The third kappa shape index (κ3) is 3.39. The van der Waals surface area contributed by atoms with Crippen molar-refractivity contribution in [1.82, 2.24) is 4.90 Å². The summed E-state index contributed by atoms with van der Waals surface area (Å²) in [7, 11) is 0. The summed E-state index contributed by atoms with van der Waals surface area (Å²) in [6.45, 7) is 5.59. The summed E-state index contributed by atoms with van der Waals surface area (Å²) in [4.78, 5) is 2.48. The first-order chi connectivity index (χ1) is 8.69. The first-order valence-corrected chi connectivity index (χ1v) is 6.98. The van der Waals surface area contributed by atoms with Gasteiger partial charge < -0.3 is 10.8 Å². The van der Waals surface area contributed by atoms with Gasteiger partial charge in [0, 0.05) is 6.54 Å². The molecule has 18 heavy (non-hydrogen) atoms. The predicted molar refractivity (Wildman–Crippen MR) is 75.4 cm³/mol. The van der Waals surface area contributed by atoms with Crippen molar-refractivity contribution in [3.8, 4) is 5.75 Å². The fourth-order valence-electron chi connectivity index (χ4n) is 2.80. The van der Waals surface area contributed by atoms with Crippen molar-refractivity contribution in [2.45, 2.75) is 39.2 Å². The number of benzene rings is 1. The first kappa shape index (κ1) is 13.2. The molecule has 1 aliphatic rings. The van der Waals surface area contributed by atoms with Crippen molar-refractivity contribution < 1.29 is 5.11 Å². The molecule has 3 N–H and O–H groups in total. The molecule has 0 aliphatic carbocycles. The molecule has 3 nitrogen and oxygen atoms in total. The van der Waals surface area contributed by atoms with Crippen LogP contribution >= 0.6 is 0 Å². The zero-order chi connectivity index (χ0) is 13.0. The molecule has 3 heteroatoms. The third-order valence-electron chi connectivity index (χ3n) is 3.90. The number of nitrogens with two attached hydrogens (primary N) is 1. The van der Waals surface area contributed by atoms with E-state index in [9.17, 15) is 5.11 Å². The summed E-state index contributed by atoms with van der Waals surface area (Å²) < 4.78 is 0. The van der Waals surface area contributed by atoms with E-state index in [2.05, 4.69) is 11.8 Å². The Hall–Kier alpha value is -1.22. The fraction of sp³-hybridized carbons (Fsp3) is 0.600. The number of rotatable bonds is 4. The highest BCUT2D eigenvalue weighted by Gasteiger charge is 2.18. The number of nitrogen functional groups attached to an aromatic ring is 1. The summed E-state index contributed by atoms with van der Waals surface area (Å²) in [5, 5.41) is 9.40. The second kappa shape index (κ2) is 6.10. The van der Waals surface area contributed by atoms with Gasteiger partial charge in [0.2, 0.25) is 0 Å². The Morgan fingerprint density at radius 1 is 1.33 bits per heavy atom. The van der Waals surface area contributed by atoms with Crippen LogP contribution in [0.3, 0.4) is 0 Å². The molecule has 0 bridgehead atoms. The van der Waals surface area contributed by atoms with E-state index in [1.165, 1.54) is 44.3 Å². The predicted octanol–water partition coefficient (Wildman–Crippen LogP) is 2.99. The number of nitrogens with zero attached hydrogens (tertiary/aromatic N) is 1. The SMILES string of the molecule is CCCC1CCN(Cc2ccc(O)c(N)c2)CC1. The minimum absolute atomic E-state index is 0.181. The van der Waals surface area contributed by atoms with Crippen molar-refractivity contribution in [1.29, 1.82) is 0 Å². The van der Waals surface area contributed by atoms with Crippen LogP contribution < -0.4 is 5.73 Å². The lowest BCUT2D eigenvalue weighted by molar-refractivity contribution is 0.172. The summed E-state index contributed by atoms with van der Waals surface area (Å²) in [6.07, 6.45) is 5.32. The topological polar surface area (TPSA) is 49.5 Å². The molecule has 1 saturated heterocycles. The van der Waals surface area contributed by atoms with Gasteiger partial charge in [-0.1, -0.05) is 25.8 Å². The van der Waals surface area contributed by atoms with E-state index >= 15 is 0 Å². The van der Waals surface area contributed by atoms with Crippen LogP contribution in [0.4, 0.5) is 5.69 Å². The van der Waals surface area contributed by atoms with E-state index < -0.39 is 0 Å². The smallest absolute Gasteiger partial charge is 0.138 e. The molecule has 0 atom stereocenters. The molecule has 1 heterocycles. The molecule has 1 fully saturated rings. The Balaban J connectivity index is 1.85. The van der Waals surface area contributed by atoms with E-state index in [-0.39, 0.29) is 5.75 Å². The van der Waals surface area contributed by atoms with E-state index in [1.54, 1.807) is 6.07 Å². The Labute approximate surface area is 110 Å². The van der Waals surface area contributed by atoms with Crippen LogP contribution in [0, 0.1) is 5.92 Å². The number of aromatic hydroxyl groups is 1. The van der Waals surface area contributed by atoms with Crippen LogP contribution in [0.5, 0.6) is 5.75 Å². The third-order valence-corrected chi connectivity index (χ3v) is 3.90. The van der Waals surface area contributed by atoms with Crippen LogP contribution in [0.2, 0.25) is 0 Å². The molecule has 0 radical (unpaired) electrons. The van der Waals surface area contributed by atoms with E-state index in [1.807, 2.05) is 12.1 Å². The van der Waals surface area contributed by atoms with Crippen molar-refractivity contribution >= 4 is 5.69 Å². The molecule has 0 aromatic heterocycles. The lowest BCUT2D eigenvalue weighted by atomic mass is 9.92. The lowest BCUT2D eigenvalue weighted by Gasteiger charge is -2.31. The van der Waals surface area contributed by atoms with Crippen LogP contribution in [0.25, 0.3) is 0 Å². The molecule has 2 rings (SSSR count). The summed E-state index contributed by atoms with van der Waals surface area (Å²) in [6, 6.07) is 5.53. The quantitative estimate of drug-likeness (QED) is 0.636. The second-order valence-electron chi connectivity index (χ2n) is 5.40. The van der Waals surface area contributed by atoms with Gasteiger partial charge in [-0.2, -0.15) is 0 Å². The molecule has 1 aromatic rings. The Kier molecular flexibility index (Phi) is 4.48. The normalized spacial score (nSPS) is 18.1. The Bertz CT molecular complexity index is 384. The maximum Gasteiger partial charge on any atom is 0.138 e. The van der Waals surface area contributed by atoms with Gasteiger partial charge in [0.05, 0.1) is 5.69 Å². The molecule has 0 unspecified atom stereocenters. The monoisotopic (exact) mass is 248 g/mol. The van der Waals surface area contributed by atoms with Crippen molar-refractivity contribution in [2.24, 2.45) is 5.92 Å². The van der Waals surface area contributed by atoms with Crippen LogP contribution in [0.1, 0.15) is 38.2 Å². The molecule has 0 saturated carbocycles.